The van der Waals surface area contributed by atoms with Crippen LogP contribution in [0.3, 0.4) is 0 Å². The molecule has 0 saturated heterocycles. The van der Waals surface area contributed by atoms with E-state index in [0.717, 1.165) is 45.9 Å². The summed E-state index contributed by atoms with van der Waals surface area (Å²) in [5, 5.41) is 17.4. The number of carbonyl (C=O) groups is 1. The number of hydrogen-bond acceptors (Lipinski definition) is 8. The number of aliphatic hydroxyl groups excluding tert-OH is 1. The van der Waals surface area contributed by atoms with Crippen LogP contribution in [-0.2, 0) is 17.8 Å². The third-order valence-corrected chi connectivity index (χ3v) is 9.59. The number of aryl methyl sites for hydroxylation is 1. The van der Waals surface area contributed by atoms with Crippen molar-refractivity contribution in [3.8, 4) is 5.75 Å². The summed E-state index contributed by atoms with van der Waals surface area (Å²) in [5.41, 5.74) is 4.16. The van der Waals surface area contributed by atoms with Gasteiger partial charge in [-0.05, 0) is 68.2 Å². The summed E-state index contributed by atoms with van der Waals surface area (Å²) in [6.45, 7) is 1.08. The topological polar surface area (TPSA) is 105 Å². The number of carbonyl (C=O) groups excluding carboxylic acids is 1. The maximum absolute atomic E-state index is 14.0. The van der Waals surface area contributed by atoms with E-state index < -0.39 is 5.97 Å². The Morgan fingerprint density at radius 2 is 1.75 bits per heavy atom. The Morgan fingerprint density at radius 1 is 0.941 bits per heavy atom. The summed E-state index contributed by atoms with van der Waals surface area (Å²) in [6, 6.07) is 32.4. The fourth-order valence-corrected chi connectivity index (χ4v) is 6.86. The number of nitrogens with zero attached hydrogens (tertiary/aromatic N) is 2. The van der Waals surface area contributed by atoms with Crippen LogP contribution in [0.1, 0.15) is 35.6 Å². The number of aliphatic hydroxyl groups is 1. The largest absolute Gasteiger partial charge is 0.455 e. The number of aromatic nitrogens is 1. The van der Waals surface area contributed by atoms with Crippen molar-refractivity contribution in [2.75, 3.05) is 32.5 Å². The van der Waals surface area contributed by atoms with Gasteiger partial charge >= 0.3 is 5.97 Å². The van der Waals surface area contributed by atoms with E-state index in [1.165, 1.54) is 0 Å². The second-order valence-electron chi connectivity index (χ2n) is 13.1. The highest BCUT2D eigenvalue weighted by atomic mass is 35.5. The van der Waals surface area contributed by atoms with Gasteiger partial charge in [-0.1, -0.05) is 84.4 Å². The smallest absolute Gasteiger partial charge is 0.311 e. The Morgan fingerprint density at radius 3 is 2.55 bits per heavy atom. The molecule has 0 spiro atoms. The Hall–Kier alpha value is -5.28. The molecule has 1 atom stereocenters. The molecule has 2 heterocycles. The van der Waals surface area contributed by atoms with Crippen molar-refractivity contribution in [1.82, 2.24) is 9.88 Å². The Kier molecular flexibility index (Phi) is 9.99. The first-order valence-corrected chi connectivity index (χ1v) is 17.4. The zero-order valence-electron chi connectivity index (χ0n) is 28.5. The van der Waals surface area contributed by atoms with Gasteiger partial charge < -0.3 is 24.5 Å². The quantitative estimate of drug-likeness (QED) is 0.0567. The maximum atomic E-state index is 14.0. The monoisotopic (exact) mass is 699 g/mol. The summed E-state index contributed by atoms with van der Waals surface area (Å²) in [6.07, 6.45) is 1.43. The standard InChI is InChI=1S/C42H38ClN3O5/c1-46(2)21-20-44-35-18-15-29(25-47)42-39(35)41(49)33-23-30(16-19-37(33)51-42)50-38(48)22-28(13-12-26-8-4-3-5-9-26)36-24-34(43)32-17-14-27-10-6-7-11-31(27)40(32)45-36/h3-11,14-19,23-24,28,44,47H,12-13,20-22,25H2,1-2H3. The molecular weight excluding hydrogens is 662 g/mol. The first-order chi connectivity index (χ1) is 24.8. The summed E-state index contributed by atoms with van der Waals surface area (Å²) >= 11 is 6.86. The molecular formula is C42H38ClN3O5. The third-order valence-electron chi connectivity index (χ3n) is 9.28. The van der Waals surface area contributed by atoms with Crippen LogP contribution in [0.4, 0.5) is 5.69 Å². The van der Waals surface area contributed by atoms with Crippen LogP contribution in [0.25, 0.3) is 43.6 Å². The van der Waals surface area contributed by atoms with Gasteiger partial charge in [-0.2, -0.15) is 0 Å². The van der Waals surface area contributed by atoms with Gasteiger partial charge in [0.2, 0.25) is 5.43 Å². The molecule has 0 amide bonds. The van der Waals surface area contributed by atoms with Gasteiger partial charge in [0.15, 0.2) is 0 Å². The highest BCUT2D eigenvalue weighted by molar-refractivity contribution is 6.36. The molecule has 0 fully saturated rings. The number of nitrogens with one attached hydrogen (secondary N) is 1. The lowest BCUT2D eigenvalue weighted by Crippen LogP contribution is -2.21. The summed E-state index contributed by atoms with van der Waals surface area (Å²) in [7, 11) is 3.94. The van der Waals surface area contributed by atoms with Crippen molar-refractivity contribution >= 4 is 66.9 Å². The lowest BCUT2D eigenvalue weighted by Gasteiger charge is -2.18. The molecule has 7 aromatic rings. The predicted molar refractivity (Wildman–Crippen MR) is 205 cm³/mol. The van der Waals surface area contributed by atoms with Crippen molar-refractivity contribution < 1.29 is 19.1 Å². The van der Waals surface area contributed by atoms with E-state index >= 15 is 0 Å². The van der Waals surface area contributed by atoms with E-state index in [9.17, 15) is 14.7 Å². The summed E-state index contributed by atoms with van der Waals surface area (Å²) in [5.74, 6) is -0.514. The fraction of sp³-hybridized carbons (Fsp3) is 0.214. The molecule has 0 saturated carbocycles. The molecule has 8 nitrogen and oxygen atoms in total. The van der Waals surface area contributed by atoms with Crippen molar-refractivity contribution in [1.29, 1.82) is 0 Å². The number of halogens is 1. The average Bonchev–Trinajstić information content (AvgIpc) is 3.13. The molecule has 7 rings (SSSR count). The van der Waals surface area contributed by atoms with Crippen molar-refractivity contribution in [2.45, 2.75) is 31.8 Å². The van der Waals surface area contributed by atoms with Crippen LogP contribution in [0.5, 0.6) is 5.75 Å². The minimum Gasteiger partial charge on any atom is -0.455 e. The highest BCUT2D eigenvalue weighted by Crippen LogP contribution is 2.35. The van der Waals surface area contributed by atoms with E-state index in [-0.39, 0.29) is 35.5 Å². The molecule has 0 radical (unpaired) electrons. The highest BCUT2D eigenvalue weighted by Gasteiger charge is 2.22. The van der Waals surface area contributed by atoms with Gasteiger partial charge in [0, 0.05) is 46.7 Å². The van der Waals surface area contributed by atoms with Crippen LogP contribution in [0.15, 0.2) is 112 Å². The predicted octanol–water partition coefficient (Wildman–Crippen LogP) is 8.48. The van der Waals surface area contributed by atoms with Crippen molar-refractivity contribution in [2.24, 2.45) is 0 Å². The Balaban J connectivity index is 1.21. The van der Waals surface area contributed by atoms with Gasteiger partial charge in [0.25, 0.3) is 0 Å². The Labute approximate surface area is 300 Å². The molecule has 2 N–H and O–H groups in total. The van der Waals surface area contributed by atoms with Gasteiger partial charge in [-0.3, -0.25) is 14.6 Å². The lowest BCUT2D eigenvalue weighted by molar-refractivity contribution is -0.134. The number of benzene rings is 5. The molecule has 5 aromatic carbocycles. The normalized spacial score (nSPS) is 12.3. The number of hydrogen-bond donors (Lipinski definition) is 2. The minimum atomic E-state index is -0.456. The average molecular weight is 700 g/mol. The summed E-state index contributed by atoms with van der Waals surface area (Å²) < 4.78 is 12.1. The minimum absolute atomic E-state index is 0.0522. The fourth-order valence-electron chi connectivity index (χ4n) is 6.60. The molecule has 51 heavy (non-hydrogen) atoms. The van der Waals surface area contributed by atoms with E-state index in [0.29, 0.717) is 45.8 Å². The molecule has 258 valence electrons. The first kappa shape index (κ1) is 34.2. The van der Waals surface area contributed by atoms with E-state index in [4.69, 9.17) is 25.7 Å². The van der Waals surface area contributed by atoms with Gasteiger partial charge in [-0.25, -0.2) is 0 Å². The van der Waals surface area contributed by atoms with E-state index in [1.807, 2.05) is 79.7 Å². The van der Waals surface area contributed by atoms with E-state index in [1.54, 1.807) is 30.3 Å². The van der Waals surface area contributed by atoms with Crippen LogP contribution in [0.2, 0.25) is 5.02 Å². The molecule has 1 unspecified atom stereocenters. The molecule has 0 aliphatic heterocycles. The lowest BCUT2D eigenvalue weighted by atomic mass is 9.92. The van der Waals surface area contributed by atoms with Crippen LogP contribution in [0, 0.1) is 0 Å². The van der Waals surface area contributed by atoms with Crippen molar-refractivity contribution in [3.63, 3.8) is 0 Å². The second kappa shape index (κ2) is 14.9. The molecule has 0 aliphatic carbocycles. The van der Waals surface area contributed by atoms with E-state index in [2.05, 4.69) is 17.4 Å². The molecule has 0 aliphatic rings. The molecule has 2 aromatic heterocycles. The zero-order valence-corrected chi connectivity index (χ0v) is 29.2. The summed E-state index contributed by atoms with van der Waals surface area (Å²) in [4.78, 5) is 34.8. The number of anilines is 1. The van der Waals surface area contributed by atoms with Crippen LogP contribution in [-0.4, -0.2) is 48.1 Å². The Bertz CT molecular complexity index is 2440. The zero-order chi connectivity index (χ0) is 35.5. The SMILES string of the molecule is CN(C)CCNc1ccc(CO)c2oc3ccc(OC(=O)CC(CCc4ccccc4)c4cc(Cl)c5ccc6ccccc6c5n4)cc3c(=O)c12. The maximum Gasteiger partial charge on any atom is 0.311 e. The number of pyridine rings is 1. The van der Waals surface area contributed by atoms with Crippen LogP contribution < -0.4 is 15.5 Å². The second-order valence-corrected chi connectivity index (χ2v) is 13.5. The first-order valence-electron chi connectivity index (χ1n) is 17.0. The number of esters is 1. The number of rotatable bonds is 12. The third kappa shape index (κ3) is 7.30. The van der Waals surface area contributed by atoms with Crippen LogP contribution >= 0.6 is 11.6 Å². The van der Waals surface area contributed by atoms with Gasteiger partial charge in [0.1, 0.15) is 16.9 Å². The number of fused-ring (bicyclic) bond motifs is 5. The van der Waals surface area contributed by atoms with Gasteiger partial charge in [-0.15, -0.1) is 0 Å². The number of ether oxygens (including phenoxy) is 1. The molecule has 9 heteroatoms. The van der Waals surface area contributed by atoms with Crippen molar-refractivity contribution in [3.05, 3.63) is 135 Å². The van der Waals surface area contributed by atoms with Gasteiger partial charge in [0.05, 0.1) is 34.3 Å². The number of likely N-dealkylation sites (N-methyl/N-ethyl adjacent to an activating group) is 1. The molecule has 0 bridgehead atoms.